The summed E-state index contributed by atoms with van der Waals surface area (Å²) >= 11 is 0. The van der Waals surface area contributed by atoms with Crippen LogP contribution in [0.15, 0.2) is 0 Å². The molecule has 0 aliphatic heterocycles. The van der Waals surface area contributed by atoms with Gasteiger partial charge in [0.25, 0.3) is 0 Å². The van der Waals surface area contributed by atoms with Gasteiger partial charge in [-0.1, -0.05) is 0 Å². The minimum absolute atomic E-state index is 0.0215. The Kier molecular flexibility index (Phi) is 4.81. The first-order valence-electron chi connectivity index (χ1n) is 6.88. The van der Waals surface area contributed by atoms with Crippen LogP contribution >= 0.6 is 0 Å². The first-order chi connectivity index (χ1) is 7.99. The van der Waals surface area contributed by atoms with Crippen molar-refractivity contribution in [3.05, 3.63) is 0 Å². The molecule has 0 saturated heterocycles. The van der Waals surface area contributed by atoms with E-state index in [0.717, 1.165) is 13.0 Å². The molecule has 0 aromatic carbocycles. The summed E-state index contributed by atoms with van der Waals surface area (Å²) in [6, 6.07) is -0.0215. The zero-order valence-electron chi connectivity index (χ0n) is 12.6. The Bertz CT molecular complexity index is 268. The van der Waals surface area contributed by atoms with Crippen molar-refractivity contribution in [2.45, 2.75) is 77.3 Å². The van der Waals surface area contributed by atoms with E-state index in [9.17, 15) is 10.2 Å². The van der Waals surface area contributed by atoms with E-state index in [1.165, 1.54) is 0 Å². The molecule has 18 heavy (non-hydrogen) atoms. The van der Waals surface area contributed by atoms with Gasteiger partial charge in [-0.3, -0.25) is 0 Å². The molecule has 0 bridgehead atoms. The van der Waals surface area contributed by atoms with Gasteiger partial charge in [-0.2, -0.15) is 0 Å². The van der Waals surface area contributed by atoms with Crippen molar-refractivity contribution in [3.8, 4) is 0 Å². The Morgan fingerprint density at radius 3 is 1.94 bits per heavy atom. The van der Waals surface area contributed by atoms with Crippen molar-refractivity contribution in [2.75, 3.05) is 6.54 Å². The van der Waals surface area contributed by atoms with E-state index < -0.39 is 12.2 Å². The maximum atomic E-state index is 10.1. The van der Waals surface area contributed by atoms with E-state index in [-0.39, 0.29) is 23.0 Å². The summed E-state index contributed by atoms with van der Waals surface area (Å²) < 4.78 is 0. The Hall–Kier alpha value is -0.160. The minimum atomic E-state index is -0.670. The molecule has 108 valence electrons. The average molecular weight is 258 g/mol. The molecule has 4 atom stereocenters. The lowest BCUT2D eigenvalue weighted by molar-refractivity contribution is 0.00758. The molecule has 0 unspecified atom stereocenters. The van der Waals surface area contributed by atoms with Crippen LogP contribution < -0.4 is 10.6 Å². The molecule has 1 aliphatic carbocycles. The quantitative estimate of drug-likeness (QED) is 0.607. The number of nitrogens with one attached hydrogen (secondary N) is 2. The van der Waals surface area contributed by atoms with Crippen LogP contribution in [0.25, 0.3) is 0 Å². The molecular weight excluding hydrogens is 228 g/mol. The van der Waals surface area contributed by atoms with Crippen LogP contribution in [0.2, 0.25) is 0 Å². The Labute approximate surface area is 111 Å². The first kappa shape index (κ1) is 15.9. The van der Waals surface area contributed by atoms with Gasteiger partial charge >= 0.3 is 0 Å². The molecule has 1 saturated carbocycles. The zero-order chi connectivity index (χ0) is 14.1. The predicted octanol–water partition coefficient (Wildman–Crippen LogP) is 0.873. The van der Waals surface area contributed by atoms with Gasteiger partial charge in [0, 0.05) is 29.6 Å². The normalized spacial score (nSPS) is 34.0. The molecule has 4 heteroatoms. The topological polar surface area (TPSA) is 64.5 Å². The molecule has 4 nitrogen and oxygen atoms in total. The Morgan fingerprint density at radius 1 is 0.944 bits per heavy atom. The molecule has 0 aromatic heterocycles. The summed E-state index contributed by atoms with van der Waals surface area (Å²) in [6.45, 7) is 13.3. The highest BCUT2D eigenvalue weighted by Gasteiger charge is 2.42. The maximum Gasteiger partial charge on any atom is 0.0955 e. The SMILES string of the molecule is CC(C)(C)NC[C@H]1C[C@@H](NC(C)(C)C)[C@@H](O)[C@H]1O. The molecule has 0 amide bonds. The molecule has 1 fully saturated rings. The molecule has 0 aromatic rings. The standard InChI is InChI=1S/C14H30N2O2/c1-13(2,3)15-8-9-7-10(12(18)11(9)17)16-14(4,5)6/h9-12,15-18H,7-8H2,1-6H3/t9-,10-,11+,12-/m1/s1. The summed E-state index contributed by atoms with van der Waals surface area (Å²) in [5, 5.41) is 27.0. The monoisotopic (exact) mass is 258 g/mol. The maximum absolute atomic E-state index is 10.1. The van der Waals surface area contributed by atoms with Gasteiger partial charge in [0.05, 0.1) is 12.2 Å². The molecule has 0 heterocycles. The van der Waals surface area contributed by atoms with Crippen molar-refractivity contribution in [2.24, 2.45) is 5.92 Å². The lowest BCUT2D eigenvalue weighted by Crippen LogP contribution is -2.48. The molecule has 0 spiro atoms. The highest BCUT2D eigenvalue weighted by atomic mass is 16.3. The highest BCUT2D eigenvalue weighted by molar-refractivity contribution is 4.98. The number of aliphatic hydroxyl groups is 2. The molecule has 1 aliphatic rings. The van der Waals surface area contributed by atoms with Crippen molar-refractivity contribution < 1.29 is 10.2 Å². The van der Waals surface area contributed by atoms with Gasteiger partial charge in [0.2, 0.25) is 0 Å². The van der Waals surface area contributed by atoms with Gasteiger partial charge in [-0.25, -0.2) is 0 Å². The van der Waals surface area contributed by atoms with Crippen LogP contribution in [-0.2, 0) is 0 Å². The fraction of sp³-hybridized carbons (Fsp3) is 1.00. The smallest absolute Gasteiger partial charge is 0.0955 e. The first-order valence-corrected chi connectivity index (χ1v) is 6.88. The third-order valence-electron chi connectivity index (χ3n) is 3.31. The number of hydrogen-bond acceptors (Lipinski definition) is 4. The third kappa shape index (κ3) is 4.84. The van der Waals surface area contributed by atoms with Crippen LogP contribution in [0.4, 0.5) is 0 Å². The summed E-state index contributed by atoms with van der Waals surface area (Å²) in [7, 11) is 0. The third-order valence-corrected chi connectivity index (χ3v) is 3.31. The second-order valence-corrected chi connectivity index (χ2v) is 7.61. The summed E-state index contributed by atoms with van der Waals surface area (Å²) in [6.07, 6.45) is -0.501. The summed E-state index contributed by atoms with van der Waals surface area (Å²) in [4.78, 5) is 0. The Balaban J connectivity index is 2.54. The van der Waals surface area contributed by atoms with E-state index in [1.54, 1.807) is 0 Å². The lowest BCUT2D eigenvalue weighted by Gasteiger charge is -2.28. The van der Waals surface area contributed by atoms with Gasteiger partial charge in [0.1, 0.15) is 0 Å². The Morgan fingerprint density at radius 2 is 1.50 bits per heavy atom. The van der Waals surface area contributed by atoms with E-state index in [4.69, 9.17) is 0 Å². The van der Waals surface area contributed by atoms with Gasteiger partial charge in [-0.05, 0) is 48.0 Å². The van der Waals surface area contributed by atoms with Gasteiger partial charge in [0.15, 0.2) is 0 Å². The number of aliphatic hydroxyl groups excluding tert-OH is 2. The second kappa shape index (κ2) is 5.45. The van der Waals surface area contributed by atoms with Crippen molar-refractivity contribution in [3.63, 3.8) is 0 Å². The van der Waals surface area contributed by atoms with Crippen molar-refractivity contribution in [1.82, 2.24) is 10.6 Å². The predicted molar refractivity (Wildman–Crippen MR) is 74.6 cm³/mol. The number of rotatable bonds is 3. The van der Waals surface area contributed by atoms with Gasteiger partial charge in [-0.15, -0.1) is 0 Å². The largest absolute Gasteiger partial charge is 0.390 e. The summed E-state index contributed by atoms with van der Waals surface area (Å²) in [5.74, 6) is 0.110. The fourth-order valence-corrected chi connectivity index (χ4v) is 2.46. The van der Waals surface area contributed by atoms with Crippen LogP contribution in [-0.4, -0.2) is 46.1 Å². The van der Waals surface area contributed by atoms with Crippen LogP contribution in [0, 0.1) is 5.92 Å². The average Bonchev–Trinajstić information content (AvgIpc) is 2.40. The highest BCUT2D eigenvalue weighted by Crippen LogP contribution is 2.28. The fourth-order valence-electron chi connectivity index (χ4n) is 2.46. The minimum Gasteiger partial charge on any atom is -0.390 e. The van der Waals surface area contributed by atoms with E-state index in [0.29, 0.717) is 0 Å². The molecule has 0 radical (unpaired) electrons. The second-order valence-electron chi connectivity index (χ2n) is 7.61. The van der Waals surface area contributed by atoms with Crippen LogP contribution in [0.1, 0.15) is 48.0 Å². The zero-order valence-corrected chi connectivity index (χ0v) is 12.6. The van der Waals surface area contributed by atoms with Gasteiger partial charge < -0.3 is 20.8 Å². The van der Waals surface area contributed by atoms with E-state index >= 15 is 0 Å². The summed E-state index contributed by atoms with van der Waals surface area (Å²) in [5.41, 5.74) is -0.00206. The molecule has 4 N–H and O–H groups in total. The van der Waals surface area contributed by atoms with Crippen molar-refractivity contribution in [1.29, 1.82) is 0 Å². The molecule has 1 rings (SSSR count). The van der Waals surface area contributed by atoms with Crippen molar-refractivity contribution >= 4 is 0 Å². The molecular formula is C14H30N2O2. The van der Waals surface area contributed by atoms with Crippen LogP contribution in [0.5, 0.6) is 0 Å². The van der Waals surface area contributed by atoms with E-state index in [1.807, 2.05) is 0 Å². The number of hydrogen-bond donors (Lipinski definition) is 4. The lowest BCUT2D eigenvalue weighted by atomic mass is 10.0. The van der Waals surface area contributed by atoms with E-state index in [2.05, 4.69) is 52.2 Å². The van der Waals surface area contributed by atoms with Crippen LogP contribution in [0.3, 0.4) is 0 Å².